The zero-order chi connectivity index (χ0) is 14.7. The smallest absolute Gasteiger partial charge is 0.321 e. The van der Waals surface area contributed by atoms with Crippen molar-refractivity contribution in [2.24, 2.45) is 0 Å². The molecule has 0 bridgehead atoms. The van der Waals surface area contributed by atoms with Gasteiger partial charge in [-0.05, 0) is 36.8 Å². The fourth-order valence-corrected chi connectivity index (χ4v) is 1.86. The van der Waals surface area contributed by atoms with E-state index in [0.717, 1.165) is 16.7 Å². The topological polar surface area (TPSA) is 32.3 Å². The van der Waals surface area contributed by atoms with Gasteiger partial charge in [0.05, 0.1) is 5.69 Å². The molecule has 0 spiro atoms. The maximum Gasteiger partial charge on any atom is 0.321 e. The van der Waals surface area contributed by atoms with Crippen LogP contribution in [0.4, 0.5) is 14.9 Å². The van der Waals surface area contributed by atoms with Crippen molar-refractivity contribution in [2.75, 3.05) is 19.4 Å². The summed E-state index contributed by atoms with van der Waals surface area (Å²) < 4.78 is 13.0. The second-order valence-electron chi connectivity index (χ2n) is 4.88. The van der Waals surface area contributed by atoms with Crippen LogP contribution in [-0.4, -0.2) is 25.0 Å². The average Bonchev–Trinajstić information content (AvgIpc) is 2.41. The summed E-state index contributed by atoms with van der Waals surface area (Å²) in [5, 5.41) is 2.84. The van der Waals surface area contributed by atoms with E-state index < -0.39 is 0 Å². The molecular weight excluding hydrogens is 255 g/mol. The van der Waals surface area contributed by atoms with Gasteiger partial charge in [0, 0.05) is 19.7 Å². The minimum absolute atomic E-state index is 0.197. The minimum Gasteiger partial charge on any atom is -0.331 e. The molecule has 1 N–H and O–H groups in total. The van der Waals surface area contributed by atoms with Crippen molar-refractivity contribution in [3.63, 3.8) is 0 Å². The molecule has 0 heterocycles. The number of urea groups is 1. The number of carbonyl (C=O) groups excluding carboxylic acids is 1. The molecule has 0 aliphatic heterocycles. The number of nitrogens with one attached hydrogen (secondary N) is 1. The van der Waals surface area contributed by atoms with Gasteiger partial charge in [-0.3, -0.25) is 0 Å². The van der Waals surface area contributed by atoms with Crippen molar-refractivity contribution in [2.45, 2.75) is 6.92 Å². The molecule has 0 fully saturated rings. The lowest BCUT2D eigenvalue weighted by molar-refractivity contribution is 0.230. The molecule has 104 valence electrons. The summed E-state index contributed by atoms with van der Waals surface area (Å²) in [6.07, 6.45) is 0. The van der Waals surface area contributed by atoms with Crippen molar-refractivity contribution in [1.29, 1.82) is 0 Å². The molecule has 0 atom stereocenters. The Labute approximate surface area is 118 Å². The number of rotatable bonds is 2. The van der Waals surface area contributed by atoms with Gasteiger partial charge in [0.25, 0.3) is 0 Å². The van der Waals surface area contributed by atoms with Crippen LogP contribution in [0.2, 0.25) is 0 Å². The number of halogens is 1. The summed E-state index contributed by atoms with van der Waals surface area (Å²) in [6.45, 7) is 1.98. The van der Waals surface area contributed by atoms with Gasteiger partial charge in [-0.15, -0.1) is 0 Å². The number of aryl methyl sites for hydroxylation is 1. The van der Waals surface area contributed by atoms with E-state index in [1.54, 1.807) is 26.2 Å². The Kier molecular flexibility index (Phi) is 4.03. The number of hydrogen-bond donors (Lipinski definition) is 1. The third kappa shape index (κ3) is 3.15. The predicted octanol–water partition coefficient (Wildman–Crippen LogP) is 3.89. The Morgan fingerprint density at radius 2 is 1.75 bits per heavy atom. The summed E-state index contributed by atoms with van der Waals surface area (Å²) in [7, 11) is 3.36. The molecule has 4 heteroatoms. The summed E-state index contributed by atoms with van der Waals surface area (Å²) in [4.78, 5) is 13.3. The highest BCUT2D eigenvalue weighted by Gasteiger charge is 2.10. The number of benzene rings is 2. The van der Waals surface area contributed by atoms with Gasteiger partial charge in [0.1, 0.15) is 5.82 Å². The molecule has 0 unspecified atom stereocenters. The zero-order valence-electron chi connectivity index (χ0n) is 11.8. The molecule has 2 amide bonds. The number of amides is 2. The van der Waals surface area contributed by atoms with Crippen molar-refractivity contribution >= 4 is 11.7 Å². The van der Waals surface area contributed by atoms with E-state index >= 15 is 0 Å². The van der Waals surface area contributed by atoms with Gasteiger partial charge in [-0.1, -0.05) is 23.8 Å². The summed E-state index contributed by atoms with van der Waals surface area (Å²) >= 11 is 0. The first-order valence-corrected chi connectivity index (χ1v) is 6.32. The predicted molar refractivity (Wildman–Crippen MR) is 79.3 cm³/mol. The lowest BCUT2D eigenvalue weighted by atomic mass is 10.0. The quantitative estimate of drug-likeness (QED) is 0.883. The molecule has 0 saturated carbocycles. The fourth-order valence-electron chi connectivity index (χ4n) is 1.86. The van der Waals surface area contributed by atoms with Gasteiger partial charge in [-0.25, -0.2) is 9.18 Å². The highest BCUT2D eigenvalue weighted by atomic mass is 19.1. The first-order chi connectivity index (χ1) is 9.47. The van der Waals surface area contributed by atoms with E-state index in [1.165, 1.54) is 17.0 Å². The van der Waals surface area contributed by atoms with E-state index in [2.05, 4.69) is 5.32 Å². The van der Waals surface area contributed by atoms with E-state index in [1.807, 2.05) is 25.1 Å². The Morgan fingerprint density at radius 1 is 1.10 bits per heavy atom. The van der Waals surface area contributed by atoms with Crippen LogP contribution in [0.1, 0.15) is 5.56 Å². The van der Waals surface area contributed by atoms with Crippen LogP contribution >= 0.6 is 0 Å². The minimum atomic E-state index is -0.278. The van der Waals surface area contributed by atoms with Crippen LogP contribution in [0.25, 0.3) is 11.1 Å². The van der Waals surface area contributed by atoms with Crippen LogP contribution in [0.15, 0.2) is 42.5 Å². The maximum absolute atomic E-state index is 13.0. The van der Waals surface area contributed by atoms with E-state index in [4.69, 9.17) is 0 Å². The Bertz CT molecular complexity index is 621. The summed E-state index contributed by atoms with van der Waals surface area (Å²) in [5.41, 5.74) is 3.53. The van der Waals surface area contributed by atoms with Crippen LogP contribution in [0, 0.1) is 12.7 Å². The van der Waals surface area contributed by atoms with Gasteiger partial charge < -0.3 is 10.2 Å². The highest BCUT2D eigenvalue weighted by Crippen LogP contribution is 2.29. The second-order valence-corrected chi connectivity index (χ2v) is 4.88. The molecule has 2 aromatic carbocycles. The van der Waals surface area contributed by atoms with E-state index in [0.29, 0.717) is 5.69 Å². The van der Waals surface area contributed by atoms with E-state index in [-0.39, 0.29) is 11.8 Å². The first-order valence-electron chi connectivity index (χ1n) is 6.32. The van der Waals surface area contributed by atoms with Gasteiger partial charge in [0.15, 0.2) is 0 Å². The SMILES string of the molecule is Cc1ccc(NC(=O)N(C)C)c(-c2ccc(F)cc2)c1. The summed E-state index contributed by atoms with van der Waals surface area (Å²) in [6, 6.07) is 11.8. The molecule has 0 radical (unpaired) electrons. The summed E-state index contributed by atoms with van der Waals surface area (Å²) in [5.74, 6) is -0.278. The molecule has 0 aliphatic rings. The normalized spacial score (nSPS) is 10.2. The third-order valence-corrected chi connectivity index (χ3v) is 2.98. The molecule has 0 aliphatic carbocycles. The van der Waals surface area contributed by atoms with Gasteiger partial charge in [0.2, 0.25) is 0 Å². The second kappa shape index (κ2) is 5.74. The van der Waals surface area contributed by atoms with Crippen LogP contribution in [0.3, 0.4) is 0 Å². The molecule has 2 aromatic rings. The Hall–Kier alpha value is -2.36. The number of nitrogens with zero attached hydrogens (tertiary/aromatic N) is 1. The molecule has 0 saturated heterocycles. The lowest BCUT2D eigenvalue weighted by Crippen LogP contribution is -2.27. The molecule has 0 aromatic heterocycles. The molecule has 20 heavy (non-hydrogen) atoms. The highest BCUT2D eigenvalue weighted by molar-refractivity contribution is 5.94. The standard InChI is InChI=1S/C16H17FN2O/c1-11-4-9-15(18-16(20)19(2)3)14(10-11)12-5-7-13(17)8-6-12/h4-10H,1-3H3,(H,18,20). The molecular formula is C16H17FN2O. The van der Waals surface area contributed by atoms with Crippen LogP contribution < -0.4 is 5.32 Å². The third-order valence-electron chi connectivity index (χ3n) is 2.98. The van der Waals surface area contributed by atoms with Gasteiger partial charge >= 0.3 is 6.03 Å². The zero-order valence-corrected chi connectivity index (χ0v) is 11.8. The fraction of sp³-hybridized carbons (Fsp3) is 0.188. The van der Waals surface area contributed by atoms with E-state index in [9.17, 15) is 9.18 Å². The number of carbonyl (C=O) groups is 1. The lowest BCUT2D eigenvalue weighted by Gasteiger charge is -2.16. The van der Waals surface area contributed by atoms with Crippen molar-refractivity contribution in [3.8, 4) is 11.1 Å². The van der Waals surface area contributed by atoms with Crippen molar-refractivity contribution in [3.05, 3.63) is 53.8 Å². The van der Waals surface area contributed by atoms with Crippen LogP contribution in [-0.2, 0) is 0 Å². The van der Waals surface area contributed by atoms with Crippen molar-refractivity contribution < 1.29 is 9.18 Å². The Balaban J connectivity index is 2.43. The number of anilines is 1. The van der Waals surface area contributed by atoms with Crippen LogP contribution in [0.5, 0.6) is 0 Å². The monoisotopic (exact) mass is 272 g/mol. The Morgan fingerprint density at radius 3 is 2.35 bits per heavy atom. The number of hydrogen-bond acceptors (Lipinski definition) is 1. The van der Waals surface area contributed by atoms with Gasteiger partial charge in [-0.2, -0.15) is 0 Å². The largest absolute Gasteiger partial charge is 0.331 e. The molecule has 3 nitrogen and oxygen atoms in total. The maximum atomic E-state index is 13.0. The molecule has 2 rings (SSSR count). The average molecular weight is 272 g/mol. The van der Waals surface area contributed by atoms with Crippen molar-refractivity contribution in [1.82, 2.24) is 4.90 Å². The first kappa shape index (κ1) is 14.1.